The zero-order valence-corrected chi connectivity index (χ0v) is 8.00. The number of imidazole rings is 1. The summed E-state index contributed by atoms with van der Waals surface area (Å²) in [6, 6.07) is 5.18. The van der Waals surface area contributed by atoms with Gasteiger partial charge in [-0.1, -0.05) is 0 Å². The smallest absolute Gasteiger partial charge is 0.306 e. The van der Waals surface area contributed by atoms with Gasteiger partial charge in [-0.05, 0) is 25.1 Å². The summed E-state index contributed by atoms with van der Waals surface area (Å²) in [6.45, 7) is 1.50. The van der Waals surface area contributed by atoms with Gasteiger partial charge in [-0.3, -0.25) is 9.36 Å². The number of aromatic nitrogens is 2. The molecule has 14 heavy (non-hydrogen) atoms. The van der Waals surface area contributed by atoms with Gasteiger partial charge in [0.25, 0.3) is 0 Å². The summed E-state index contributed by atoms with van der Waals surface area (Å²) in [4.78, 5) is 25.0. The van der Waals surface area contributed by atoms with Gasteiger partial charge in [0.05, 0.1) is 11.0 Å². The summed E-state index contributed by atoms with van der Waals surface area (Å²) >= 11 is 0. The van der Waals surface area contributed by atoms with E-state index < -0.39 is 0 Å². The molecule has 0 spiro atoms. The fourth-order valence-corrected chi connectivity index (χ4v) is 1.46. The van der Waals surface area contributed by atoms with Crippen LogP contribution in [0.4, 0.5) is 0 Å². The number of carbonyl (C=O) groups excluding carboxylic acids is 1. The van der Waals surface area contributed by atoms with E-state index in [9.17, 15) is 9.59 Å². The number of nitrogens with one attached hydrogen (secondary N) is 1. The molecular formula is C10H10N2O2. The molecule has 0 atom stereocenters. The Bertz CT molecular complexity index is 563. The molecule has 0 aliphatic heterocycles. The van der Waals surface area contributed by atoms with Crippen LogP contribution in [0.5, 0.6) is 0 Å². The van der Waals surface area contributed by atoms with E-state index >= 15 is 0 Å². The molecule has 0 saturated heterocycles. The first-order valence-corrected chi connectivity index (χ1v) is 4.29. The second-order valence-electron chi connectivity index (χ2n) is 3.28. The van der Waals surface area contributed by atoms with Crippen LogP contribution < -0.4 is 5.69 Å². The maximum absolute atomic E-state index is 11.2. The van der Waals surface area contributed by atoms with Crippen LogP contribution in [0.25, 0.3) is 11.0 Å². The van der Waals surface area contributed by atoms with Crippen molar-refractivity contribution in [3.8, 4) is 0 Å². The van der Waals surface area contributed by atoms with Crippen LogP contribution in [0, 0.1) is 0 Å². The fraction of sp³-hybridized carbons (Fsp3) is 0.200. The average Bonchev–Trinajstić information content (AvgIpc) is 2.42. The van der Waals surface area contributed by atoms with Crippen LogP contribution in [0.1, 0.15) is 17.3 Å². The van der Waals surface area contributed by atoms with Crippen molar-refractivity contribution < 1.29 is 4.79 Å². The monoisotopic (exact) mass is 190 g/mol. The summed E-state index contributed by atoms with van der Waals surface area (Å²) in [5, 5.41) is 0. The molecule has 1 aromatic carbocycles. The highest BCUT2D eigenvalue weighted by Crippen LogP contribution is 2.11. The molecule has 0 bridgehead atoms. The molecule has 2 aromatic rings. The lowest BCUT2D eigenvalue weighted by Gasteiger charge is -1.96. The molecule has 0 radical (unpaired) electrons. The molecule has 1 aromatic heterocycles. The van der Waals surface area contributed by atoms with Crippen molar-refractivity contribution in [2.24, 2.45) is 7.05 Å². The standard InChI is InChI=1S/C10H10N2O2/c1-6(13)7-3-4-9-8(5-7)11-10(14)12(9)2/h3-5H,1-2H3,(H,11,14). The minimum atomic E-state index is -0.166. The molecule has 1 heterocycles. The zero-order chi connectivity index (χ0) is 10.3. The normalized spacial score (nSPS) is 10.7. The molecule has 2 rings (SSSR count). The third kappa shape index (κ3) is 1.16. The van der Waals surface area contributed by atoms with Gasteiger partial charge >= 0.3 is 5.69 Å². The number of ketones is 1. The number of hydrogen-bond donors (Lipinski definition) is 1. The SMILES string of the molecule is CC(=O)c1ccc2c(c1)[nH]c(=O)n2C. The highest BCUT2D eigenvalue weighted by atomic mass is 16.1. The first kappa shape index (κ1) is 8.74. The number of rotatable bonds is 1. The number of benzene rings is 1. The quantitative estimate of drug-likeness (QED) is 0.684. The minimum Gasteiger partial charge on any atom is -0.306 e. The molecule has 0 amide bonds. The van der Waals surface area contributed by atoms with Crippen molar-refractivity contribution >= 4 is 16.8 Å². The van der Waals surface area contributed by atoms with E-state index in [1.54, 1.807) is 25.2 Å². The van der Waals surface area contributed by atoms with Crippen LogP contribution in [-0.2, 0) is 7.05 Å². The highest BCUT2D eigenvalue weighted by molar-refractivity contribution is 5.97. The van der Waals surface area contributed by atoms with Crippen LogP contribution in [0.2, 0.25) is 0 Å². The van der Waals surface area contributed by atoms with Crippen molar-refractivity contribution in [3.05, 3.63) is 34.2 Å². The lowest BCUT2D eigenvalue weighted by Crippen LogP contribution is -2.11. The van der Waals surface area contributed by atoms with E-state index in [0.29, 0.717) is 11.1 Å². The summed E-state index contributed by atoms with van der Waals surface area (Å²) in [7, 11) is 1.69. The minimum absolute atomic E-state index is 0.00315. The van der Waals surface area contributed by atoms with E-state index in [1.807, 2.05) is 0 Å². The van der Waals surface area contributed by atoms with Crippen molar-refractivity contribution in [2.75, 3.05) is 0 Å². The molecule has 0 unspecified atom stereocenters. The Labute approximate surface area is 80.2 Å². The van der Waals surface area contributed by atoms with Crippen LogP contribution in [0.3, 0.4) is 0 Å². The predicted octanol–water partition coefficient (Wildman–Crippen LogP) is 1.07. The van der Waals surface area contributed by atoms with E-state index in [1.165, 1.54) is 11.5 Å². The number of fused-ring (bicyclic) bond motifs is 1. The number of H-pyrrole nitrogens is 1. The second kappa shape index (κ2) is 2.83. The number of aromatic amines is 1. The van der Waals surface area contributed by atoms with Crippen molar-refractivity contribution in [1.82, 2.24) is 9.55 Å². The summed E-state index contributed by atoms with van der Waals surface area (Å²) in [5.41, 5.74) is 1.95. The van der Waals surface area contributed by atoms with E-state index in [2.05, 4.69) is 4.98 Å². The average molecular weight is 190 g/mol. The Kier molecular flexibility index (Phi) is 1.77. The number of Topliss-reactive ketones (excluding diaryl/α,β-unsaturated/α-hetero) is 1. The van der Waals surface area contributed by atoms with Gasteiger partial charge in [0.2, 0.25) is 0 Å². The molecule has 4 nitrogen and oxygen atoms in total. The van der Waals surface area contributed by atoms with Crippen LogP contribution in [0.15, 0.2) is 23.0 Å². The second-order valence-corrected chi connectivity index (χ2v) is 3.28. The number of aryl methyl sites for hydroxylation is 1. The zero-order valence-electron chi connectivity index (χ0n) is 8.00. The Morgan fingerprint density at radius 3 is 2.79 bits per heavy atom. The third-order valence-electron chi connectivity index (χ3n) is 2.31. The maximum Gasteiger partial charge on any atom is 0.326 e. The third-order valence-corrected chi connectivity index (χ3v) is 2.31. The van der Waals surface area contributed by atoms with Crippen molar-refractivity contribution in [3.63, 3.8) is 0 Å². The van der Waals surface area contributed by atoms with E-state index in [-0.39, 0.29) is 11.5 Å². The molecule has 0 aliphatic carbocycles. The topological polar surface area (TPSA) is 54.9 Å². The molecule has 0 fully saturated rings. The van der Waals surface area contributed by atoms with Gasteiger partial charge in [-0.15, -0.1) is 0 Å². The number of carbonyl (C=O) groups is 1. The van der Waals surface area contributed by atoms with Crippen LogP contribution >= 0.6 is 0 Å². The van der Waals surface area contributed by atoms with Crippen molar-refractivity contribution in [2.45, 2.75) is 6.92 Å². The van der Waals surface area contributed by atoms with Gasteiger partial charge in [0.1, 0.15) is 0 Å². The van der Waals surface area contributed by atoms with Gasteiger partial charge in [0.15, 0.2) is 5.78 Å². The molecule has 0 saturated carbocycles. The van der Waals surface area contributed by atoms with Gasteiger partial charge in [-0.2, -0.15) is 0 Å². The maximum atomic E-state index is 11.2. The van der Waals surface area contributed by atoms with Crippen molar-refractivity contribution in [1.29, 1.82) is 0 Å². The van der Waals surface area contributed by atoms with Gasteiger partial charge in [-0.25, -0.2) is 4.79 Å². The predicted molar refractivity (Wildman–Crippen MR) is 53.5 cm³/mol. The Hall–Kier alpha value is -1.84. The van der Waals surface area contributed by atoms with E-state index in [0.717, 1.165) is 5.52 Å². The summed E-state index contributed by atoms with van der Waals surface area (Å²) < 4.78 is 1.51. The molecule has 4 heteroatoms. The molecule has 1 N–H and O–H groups in total. The van der Waals surface area contributed by atoms with Gasteiger partial charge in [0, 0.05) is 12.6 Å². The molecule has 0 aliphatic rings. The molecule has 72 valence electrons. The fourth-order valence-electron chi connectivity index (χ4n) is 1.46. The Morgan fingerprint density at radius 2 is 2.14 bits per heavy atom. The highest BCUT2D eigenvalue weighted by Gasteiger charge is 2.05. The number of nitrogens with zero attached hydrogens (tertiary/aromatic N) is 1. The summed E-state index contributed by atoms with van der Waals surface area (Å²) in [6.07, 6.45) is 0. The van der Waals surface area contributed by atoms with Gasteiger partial charge < -0.3 is 4.98 Å². The first-order chi connectivity index (χ1) is 6.59. The first-order valence-electron chi connectivity index (χ1n) is 4.29. The lowest BCUT2D eigenvalue weighted by molar-refractivity contribution is 0.101. The number of hydrogen-bond acceptors (Lipinski definition) is 2. The van der Waals surface area contributed by atoms with E-state index in [4.69, 9.17) is 0 Å². The largest absolute Gasteiger partial charge is 0.326 e. The van der Waals surface area contributed by atoms with Crippen LogP contribution in [-0.4, -0.2) is 15.3 Å². The summed E-state index contributed by atoms with van der Waals surface area (Å²) in [5.74, 6) is -0.00315. The Morgan fingerprint density at radius 1 is 1.43 bits per heavy atom. The molecular weight excluding hydrogens is 180 g/mol. The lowest BCUT2D eigenvalue weighted by atomic mass is 10.1. The Balaban J connectivity index is 2.80.